The second kappa shape index (κ2) is 6.84. The molecule has 1 N–H and O–H groups in total. The van der Waals surface area contributed by atoms with Gasteiger partial charge in [-0.25, -0.2) is 9.97 Å². The molecule has 1 aromatic carbocycles. The maximum absolute atomic E-state index is 9.04. The van der Waals surface area contributed by atoms with Crippen LogP contribution in [0.2, 0.25) is 5.02 Å². The molecule has 2 heterocycles. The van der Waals surface area contributed by atoms with Crippen LogP contribution in [0.5, 0.6) is 0 Å². The van der Waals surface area contributed by atoms with Crippen molar-refractivity contribution >= 4 is 23.1 Å². The lowest BCUT2D eigenvalue weighted by Gasteiger charge is -2.21. The molecule has 0 radical (unpaired) electrons. The minimum atomic E-state index is 0.341. The first kappa shape index (κ1) is 15.6. The van der Waals surface area contributed by atoms with Crippen molar-refractivity contribution in [2.45, 2.75) is 13.3 Å². The molecule has 1 atom stereocenters. The molecule has 0 spiro atoms. The van der Waals surface area contributed by atoms with E-state index in [1.165, 1.54) is 17.4 Å². The first-order chi connectivity index (χ1) is 11.2. The summed E-state index contributed by atoms with van der Waals surface area (Å²) in [6.07, 6.45) is 4.23. The fraction of sp³-hybridized carbons (Fsp3) is 0.353. The summed E-state index contributed by atoms with van der Waals surface area (Å²) in [5, 5.41) is 13.1. The van der Waals surface area contributed by atoms with E-state index in [4.69, 9.17) is 16.9 Å². The lowest BCUT2D eigenvalue weighted by atomic mass is 10.1. The Morgan fingerprint density at radius 1 is 1.39 bits per heavy atom. The highest BCUT2D eigenvalue weighted by Crippen LogP contribution is 2.29. The molecule has 1 aliphatic rings. The minimum Gasteiger partial charge on any atom is -0.371 e. The van der Waals surface area contributed by atoms with Crippen molar-refractivity contribution in [3.8, 4) is 6.07 Å². The number of hydrogen-bond donors (Lipinski definition) is 1. The Kier molecular flexibility index (Phi) is 4.63. The summed E-state index contributed by atoms with van der Waals surface area (Å²) < 4.78 is 0. The molecule has 0 saturated carbocycles. The Morgan fingerprint density at radius 2 is 2.22 bits per heavy atom. The van der Waals surface area contributed by atoms with Crippen LogP contribution in [-0.4, -0.2) is 29.6 Å². The summed E-state index contributed by atoms with van der Waals surface area (Å²) in [6.45, 7) is 4.87. The van der Waals surface area contributed by atoms with E-state index in [1.54, 1.807) is 6.20 Å². The second-order valence-electron chi connectivity index (χ2n) is 5.78. The molecular weight excluding hydrogens is 310 g/mol. The third kappa shape index (κ3) is 3.54. The summed E-state index contributed by atoms with van der Waals surface area (Å²) in [4.78, 5) is 10.6. The van der Waals surface area contributed by atoms with Crippen molar-refractivity contribution < 1.29 is 0 Å². The van der Waals surface area contributed by atoms with E-state index >= 15 is 0 Å². The third-order valence-electron chi connectivity index (χ3n) is 4.16. The molecule has 1 aromatic heterocycles. The van der Waals surface area contributed by atoms with E-state index in [1.807, 2.05) is 12.1 Å². The van der Waals surface area contributed by atoms with Gasteiger partial charge >= 0.3 is 0 Å². The number of nitrogens with one attached hydrogen (secondary N) is 1. The van der Waals surface area contributed by atoms with Crippen LogP contribution in [0.25, 0.3) is 0 Å². The molecule has 1 unspecified atom stereocenters. The average molecular weight is 328 g/mol. The van der Waals surface area contributed by atoms with E-state index in [0.717, 1.165) is 31.1 Å². The first-order valence-electron chi connectivity index (χ1n) is 7.63. The summed E-state index contributed by atoms with van der Waals surface area (Å²) in [7, 11) is 0. The van der Waals surface area contributed by atoms with Crippen molar-refractivity contribution in [3.05, 3.63) is 46.9 Å². The zero-order chi connectivity index (χ0) is 16.2. The molecule has 0 bridgehead atoms. The monoisotopic (exact) mass is 327 g/mol. The zero-order valence-corrected chi connectivity index (χ0v) is 13.7. The minimum absolute atomic E-state index is 0.341. The molecule has 3 rings (SSSR count). The molecule has 1 fully saturated rings. The van der Waals surface area contributed by atoms with Crippen molar-refractivity contribution in [1.82, 2.24) is 9.97 Å². The summed E-state index contributed by atoms with van der Waals surface area (Å²) >= 11 is 6.12. The largest absolute Gasteiger partial charge is 0.371 e. The van der Waals surface area contributed by atoms with Crippen LogP contribution < -0.4 is 10.2 Å². The van der Waals surface area contributed by atoms with Crippen molar-refractivity contribution in [1.29, 1.82) is 5.26 Å². The number of hydrogen-bond acceptors (Lipinski definition) is 5. The maximum Gasteiger partial charge on any atom is 0.182 e. The SMILES string of the molecule is Cc1ccc(Cl)cc1N1CCC(CNc2nccnc2C#N)C1. The molecule has 6 heteroatoms. The van der Waals surface area contributed by atoms with E-state index in [2.05, 4.69) is 39.2 Å². The molecule has 1 aliphatic heterocycles. The highest BCUT2D eigenvalue weighted by molar-refractivity contribution is 6.30. The molecule has 2 aromatic rings. The first-order valence-corrected chi connectivity index (χ1v) is 8.01. The highest BCUT2D eigenvalue weighted by Gasteiger charge is 2.24. The Labute approximate surface area is 140 Å². The van der Waals surface area contributed by atoms with Crippen LogP contribution in [0.4, 0.5) is 11.5 Å². The molecule has 118 valence electrons. The fourth-order valence-electron chi connectivity index (χ4n) is 2.93. The Hall–Kier alpha value is -2.32. The van der Waals surface area contributed by atoms with Gasteiger partial charge in [0.2, 0.25) is 0 Å². The summed E-state index contributed by atoms with van der Waals surface area (Å²) in [5.74, 6) is 1.06. The number of anilines is 2. The predicted octanol–water partition coefficient (Wildman–Crippen LogP) is 3.25. The van der Waals surface area contributed by atoms with Gasteiger partial charge in [-0.15, -0.1) is 0 Å². The van der Waals surface area contributed by atoms with Crippen LogP contribution in [0.15, 0.2) is 30.6 Å². The quantitative estimate of drug-likeness (QED) is 0.933. The standard InChI is InChI=1S/C17H18ClN5/c1-12-2-3-14(18)8-16(12)23-7-4-13(11-23)10-22-17-15(9-19)20-5-6-21-17/h2-3,5-6,8,13H,4,7,10-11H2,1H3,(H,21,22). The predicted molar refractivity (Wildman–Crippen MR) is 91.7 cm³/mol. The number of aromatic nitrogens is 2. The summed E-state index contributed by atoms with van der Waals surface area (Å²) in [5.41, 5.74) is 2.79. The van der Waals surface area contributed by atoms with Gasteiger partial charge in [0.15, 0.2) is 11.5 Å². The van der Waals surface area contributed by atoms with Gasteiger partial charge in [-0.05, 0) is 37.0 Å². The van der Waals surface area contributed by atoms with Crippen LogP contribution >= 0.6 is 11.6 Å². The summed E-state index contributed by atoms with van der Waals surface area (Å²) in [6, 6.07) is 8.07. The maximum atomic E-state index is 9.04. The van der Waals surface area contributed by atoms with Crippen LogP contribution in [0.1, 0.15) is 17.7 Å². The van der Waals surface area contributed by atoms with Crippen molar-refractivity contribution in [3.63, 3.8) is 0 Å². The second-order valence-corrected chi connectivity index (χ2v) is 6.21. The Balaban J connectivity index is 1.62. The third-order valence-corrected chi connectivity index (χ3v) is 4.40. The van der Waals surface area contributed by atoms with Crippen molar-refractivity contribution in [2.75, 3.05) is 29.9 Å². The van der Waals surface area contributed by atoms with Gasteiger partial charge in [0, 0.05) is 42.7 Å². The van der Waals surface area contributed by atoms with Crippen LogP contribution in [0.3, 0.4) is 0 Å². The van der Waals surface area contributed by atoms with Gasteiger partial charge in [-0.1, -0.05) is 17.7 Å². The van der Waals surface area contributed by atoms with Gasteiger partial charge in [0.1, 0.15) is 6.07 Å². The number of nitrogens with zero attached hydrogens (tertiary/aromatic N) is 4. The molecule has 23 heavy (non-hydrogen) atoms. The zero-order valence-electron chi connectivity index (χ0n) is 13.0. The Morgan fingerprint density at radius 3 is 3.04 bits per heavy atom. The van der Waals surface area contributed by atoms with Crippen LogP contribution in [0, 0.1) is 24.2 Å². The van der Waals surface area contributed by atoms with E-state index in [0.29, 0.717) is 17.4 Å². The van der Waals surface area contributed by atoms with E-state index in [-0.39, 0.29) is 0 Å². The van der Waals surface area contributed by atoms with E-state index in [9.17, 15) is 0 Å². The van der Waals surface area contributed by atoms with Gasteiger partial charge in [0.05, 0.1) is 0 Å². The topological polar surface area (TPSA) is 64.8 Å². The number of benzene rings is 1. The van der Waals surface area contributed by atoms with Crippen LogP contribution in [-0.2, 0) is 0 Å². The fourth-order valence-corrected chi connectivity index (χ4v) is 3.10. The molecule has 0 amide bonds. The lowest BCUT2D eigenvalue weighted by Crippen LogP contribution is -2.23. The number of rotatable bonds is 4. The smallest absolute Gasteiger partial charge is 0.182 e. The highest BCUT2D eigenvalue weighted by atomic mass is 35.5. The Bertz CT molecular complexity index is 740. The molecule has 0 aliphatic carbocycles. The number of aryl methyl sites for hydroxylation is 1. The number of halogens is 1. The molecular formula is C17H18ClN5. The van der Waals surface area contributed by atoms with Gasteiger partial charge in [-0.2, -0.15) is 5.26 Å². The average Bonchev–Trinajstić information content (AvgIpc) is 3.04. The molecule has 1 saturated heterocycles. The van der Waals surface area contributed by atoms with E-state index < -0.39 is 0 Å². The van der Waals surface area contributed by atoms with Gasteiger partial charge in [0.25, 0.3) is 0 Å². The van der Waals surface area contributed by atoms with Gasteiger partial charge < -0.3 is 10.2 Å². The molecule has 5 nitrogen and oxygen atoms in total. The normalized spacial score (nSPS) is 17.1. The lowest BCUT2D eigenvalue weighted by molar-refractivity contribution is 0.621. The number of nitriles is 1. The van der Waals surface area contributed by atoms with Gasteiger partial charge in [-0.3, -0.25) is 0 Å². The van der Waals surface area contributed by atoms with Crippen molar-refractivity contribution in [2.24, 2.45) is 5.92 Å².